The number of carbonyl (C=O) groups excluding carboxylic acids is 1. The van der Waals surface area contributed by atoms with E-state index in [0.717, 1.165) is 6.42 Å². The first-order chi connectivity index (χ1) is 8.15. The van der Waals surface area contributed by atoms with E-state index in [1.165, 1.54) is 0 Å². The van der Waals surface area contributed by atoms with Crippen LogP contribution in [0.15, 0.2) is 0 Å². The topological polar surface area (TPSA) is 78.4 Å². The van der Waals surface area contributed by atoms with Gasteiger partial charge in [0.15, 0.2) is 0 Å². The molecule has 0 rings (SSSR count). The van der Waals surface area contributed by atoms with Crippen molar-refractivity contribution in [3.8, 4) is 0 Å². The fourth-order valence-electron chi connectivity index (χ4n) is 1.02. The molecular formula is C10H17F3N2O3. The summed E-state index contributed by atoms with van der Waals surface area (Å²) >= 11 is 0. The fraction of sp³-hybridized carbons (Fsp3) is 0.800. The molecule has 0 saturated heterocycles. The minimum absolute atomic E-state index is 0.354. The molecule has 3 N–H and O–H groups in total. The van der Waals surface area contributed by atoms with Crippen LogP contribution in [-0.2, 0) is 9.59 Å². The number of carbonyl (C=O) groups is 2. The normalized spacial score (nSPS) is 14.9. The molecule has 0 aromatic heterocycles. The Kier molecular flexibility index (Phi) is 6.10. The lowest BCUT2D eigenvalue weighted by atomic mass is 10.0. The number of carboxylic acid groups (broad SMARTS) is 1. The SMILES string of the molecule is CCCCNC(=O)CNC(C)(C(=O)O)C(F)(F)F. The van der Waals surface area contributed by atoms with Crippen molar-refractivity contribution in [3.05, 3.63) is 0 Å². The number of carboxylic acids is 1. The Bertz CT molecular complexity index is 307. The van der Waals surface area contributed by atoms with Crippen molar-refractivity contribution in [2.24, 2.45) is 0 Å². The van der Waals surface area contributed by atoms with E-state index in [-0.39, 0.29) is 0 Å². The van der Waals surface area contributed by atoms with Gasteiger partial charge in [-0.1, -0.05) is 13.3 Å². The van der Waals surface area contributed by atoms with Crippen molar-refractivity contribution >= 4 is 11.9 Å². The molecule has 0 radical (unpaired) electrons. The predicted molar refractivity (Wildman–Crippen MR) is 58.0 cm³/mol. The van der Waals surface area contributed by atoms with Gasteiger partial charge in [0.25, 0.3) is 0 Å². The summed E-state index contributed by atoms with van der Waals surface area (Å²) in [6.07, 6.45) is -3.44. The van der Waals surface area contributed by atoms with Crippen LogP contribution in [0.1, 0.15) is 26.7 Å². The van der Waals surface area contributed by atoms with Crippen LogP contribution in [0.5, 0.6) is 0 Å². The number of alkyl halides is 3. The predicted octanol–water partition coefficient (Wildman–Crippen LogP) is 0.898. The van der Waals surface area contributed by atoms with E-state index in [2.05, 4.69) is 5.32 Å². The third-order valence-electron chi connectivity index (χ3n) is 2.45. The zero-order valence-electron chi connectivity index (χ0n) is 10.2. The van der Waals surface area contributed by atoms with Crippen LogP contribution in [-0.4, -0.2) is 41.8 Å². The van der Waals surface area contributed by atoms with Crippen LogP contribution in [0.2, 0.25) is 0 Å². The zero-order valence-corrected chi connectivity index (χ0v) is 10.2. The lowest BCUT2D eigenvalue weighted by Crippen LogP contribution is -2.61. The van der Waals surface area contributed by atoms with Crippen molar-refractivity contribution in [1.82, 2.24) is 10.6 Å². The molecule has 1 unspecified atom stereocenters. The van der Waals surface area contributed by atoms with Crippen molar-refractivity contribution < 1.29 is 27.9 Å². The fourth-order valence-corrected chi connectivity index (χ4v) is 1.02. The highest BCUT2D eigenvalue weighted by Gasteiger charge is 2.57. The first-order valence-corrected chi connectivity index (χ1v) is 5.47. The van der Waals surface area contributed by atoms with Gasteiger partial charge in [-0.05, 0) is 13.3 Å². The number of amides is 1. The third kappa shape index (κ3) is 4.52. The van der Waals surface area contributed by atoms with Crippen molar-refractivity contribution in [3.63, 3.8) is 0 Å². The van der Waals surface area contributed by atoms with Crippen molar-refractivity contribution in [2.45, 2.75) is 38.4 Å². The van der Waals surface area contributed by atoms with Crippen LogP contribution < -0.4 is 10.6 Å². The van der Waals surface area contributed by atoms with Gasteiger partial charge >= 0.3 is 12.1 Å². The molecule has 0 spiro atoms. The molecule has 0 bridgehead atoms. The van der Waals surface area contributed by atoms with Crippen LogP contribution in [0.25, 0.3) is 0 Å². The number of nitrogens with one attached hydrogen (secondary N) is 2. The van der Waals surface area contributed by atoms with E-state index in [0.29, 0.717) is 19.9 Å². The number of hydrogen-bond acceptors (Lipinski definition) is 3. The number of aliphatic carboxylic acids is 1. The molecular weight excluding hydrogens is 253 g/mol. The molecule has 106 valence electrons. The van der Waals surface area contributed by atoms with Gasteiger partial charge in [0.1, 0.15) is 0 Å². The summed E-state index contributed by atoms with van der Waals surface area (Å²) in [5, 5.41) is 12.7. The first-order valence-electron chi connectivity index (χ1n) is 5.47. The molecule has 0 aliphatic carbocycles. The second-order valence-electron chi connectivity index (χ2n) is 3.98. The van der Waals surface area contributed by atoms with E-state index >= 15 is 0 Å². The maximum absolute atomic E-state index is 12.5. The van der Waals surface area contributed by atoms with Gasteiger partial charge in [-0.25, -0.2) is 4.79 Å². The van der Waals surface area contributed by atoms with Gasteiger partial charge in [0, 0.05) is 6.54 Å². The van der Waals surface area contributed by atoms with Crippen molar-refractivity contribution in [2.75, 3.05) is 13.1 Å². The Balaban J connectivity index is 4.38. The number of hydrogen-bond donors (Lipinski definition) is 3. The molecule has 1 atom stereocenters. The third-order valence-corrected chi connectivity index (χ3v) is 2.45. The molecule has 0 heterocycles. The molecule has 8 heteroatoms. The van der Waals surface area contributed by atoms with E-state index < -0.39 is 30.1 Å². The first kappa shape index (κ1) is 16.7. The Morgan fingerprint density at radius 2 is 1.83 bits per heavy atom. The molecule has 18 heavy (non-hydrogen) atoms. The van der Waals surface area contributed by atoms with E-state index in [1.807, 2.05) is 6.92 Å². The largest absolute Gasteiger partial charge is 0.480 e. The van der Waals surface area contributed by atoms with Gasteiger partial charge in [-0.3, -0.25) is 10.1 Å². The Morgan fingerprint density at radius 3 is 2.22 bits per heavy atom. The quantitative estimate of drug-likeness (QED) is 0.601. The Labute approximate surface area is 103 Å². The highest BCUT2D eigenvalue weighted by molar-refractivity contribution is 5.82. The average molecular weight is 270 g/mol. The average Bonchev–Trinajstić information content (AvgIpc) is 2.24. The highest BCUT2D eigenvalue weighted by Crippen LogP contribution is 2.30. The number of halogens is 3. The standard InChI is InChI=1S/C10H17F3N2O3/c1-3-4-5-14-7(16)6-15-9(2,8(17)18)10(11,12)13/h15H,3-6H2,1-2H3,(H,14,16)(H,17,18). The highest BCUT2D eigenvalue weighted by atomic mass is 19.4. The van der Waals surface area contributed by atoms with Crippen LogP contribution in [0.3, 0.4) is 0 Å². The molecule has 0 aromatic carbocycles. The maximum atomic E-state index is 12.5. The lowest BCUT2D eigenvalue weighted by molar-refractivity contribution is -0.205. The smallest absolute Gasteiger partial charge is 0.417 e. The molecule has 0 aliphatic rings. The van der Waals surface area contributed by atoms with Gasteiger partial charge in [0.05, 0.1) is 6.54 Å². The van der Waals surface area contributed by atoms with Crippen LogP contribution >= 0.6 is 0 Å². The Morgan fingerprint density at radius 1 is 1.28 bits per heavy atom. The zero-order chi connectivity index (χ0) is 14.4. The molecule has 0 aromatic rings. The summed E-state index contributed by atoms with van der Waals surface area (Å²) in [4.78, 5) is 21.8. The van der Waals surface area contributed by atoms with Gasteiger partial charge < -0.3 is 10.4 Å². The van der Waals surface area contributed by atoms with E-state index in [9.17, 15) is 22.8 Å². The van der Waals surface area contributed by atoms with Crippen molar-refractivity contribution in [1.29, 1.82) is 0 Å². The number of unbranched alkanes of at least 4 members (excludes halogenated alkanes) is 1. The van der Waals surface area contributed by atoms with E-state index in [4.69, 9.17) is 5.11 Å². The van der Waals surface area contributed by atoms with Crippen LogP contribution in [0.4, 0.5) is 13.2 Å². The monoisotopic (exact) mass is 270 g/mol. The second-order valence-corrected chi connectivity index (χ2v) is 3.98. The minimum Gasteiger partial charge on any atom is -0.480 e. The molecule has 0 aliphatic heterocycles. The molecule has 5 nitrogen and oxygen atoms in total. The second kappa shape index (κ2) is 6.58. The molecule has 0 saturated carbocycles. The summed E-state index contributed by atoms with van der Waals surface area (Å²) in [5.74, 6) is -2.74. The van der Waals surface area contributed by atoms with Gasteiger partial charge in [-0.15, -0.1) is 0 Å². The van der Waals surface area contributed by atoms with Gasteiger partial charge in [0.2, 0.25) is 11.4 Å². The summed E-state index contributed by atoms with van der Waals surface area (Å²) in [6, 6.07) is 0. The lowest BCUT2D eigenvalue weighted by Gasteiger charge is -2.28. The Hall–Kier alpha value is -1.31. The summed E-state index contributed by atoms with van der Waals surface area (Å²) in [6.45, 7) is 2.03. The number of rotatable bonds is 7. The van der Waals surface area contributed by atoms with E-state index in [1.54, 1.807) is 5.32 Å². The van der Waals surface area contributed by atoms with Gasteiger partial charge in [-0.2, -0.15) is 13.2 Å². The molecule has 1 amide bonds. The summed E-state index contributed by atoms with van der Waals surface area (Å²) < 4.78 is 37.6. The maximum Gasteiger partial charge on any atom is 0.417 e. The minimum atomic E-state index is -4.98. The summed E-state index contributed by atoms with van der Waals surface area (Å²) in [7, 11) is 0. The summed E-state index contributed by atoms with van der Waals surface area (Å²) in [5.41, 5.74) is -3.13. The van der Waals surface area contributed by atoms with Crippen LogP contribution in [0, 0.1) is 0 Å². The molecule has 0 fully saturated rings.